The lowest BCUT2D eigenvalue weighted by Crippen LogP contribution is -2.33. The van der Waals surface area contributed by atoms with Crippen LogP contribution in [0.5, 0.6) is 17.2 Å². The number of ether oxygens (including phenoxy) is 3. The van der Waals surface area contributed by atoms with E-state index < -0.39 is 0 Å². The number of aromatic nitrogens is 2. The Morgan fingerprint density at radius 2 is 1.63 bits per heavy atom. The Morgan fingerprint density at radius 1 is 0.947 bits per heavy atom. The molecule has 0 spiro atoms. The van der Waals surface area contributed by atoms with Gasteiger partial charge in [-0.2, -0.15) is 0 Å². The van der Waals surface area contributed by atoms with E-state index >= 15 is 0 Å². The lowest BCUT2D eigenvalue weighted by molar-refractivity contribution is -0.131. The summed E-state index contributed by atoms with van der Waals surface area (Å²) in [5.74, 6) is 1.90. The van der Waals surface area contributed by atoms with Crippen LogP contribution in [0.25, 0.3) is 5.65 Å². The first-order valence-electron chi connectivity index (χ1n) is 13.2. The number of nitrogens with zero attached hydrogens (tertiary/aromatic N) is 3. The van der Waals surface area contributed by atoms with Crippen molar-refractivity contribution in [2.45, 2.75) is 45.6 Å². The van der Waals surface area contributed by atoms with Gasteiger partial charge in [0.2, 0.25) is 5.91 Å². The van der Waals surface area contributed by atoms with E-state index in [2.05, 4.69) is 13.8 Å². The van der Waals surface area contributed by atoms with Gasteiger partial charge in [0, 0.05) is 43.9 Å². The second-order valence-corrected chi connectivity index (χ2v) is 9.31. The van der Waals surface area contributed by atoms with E-state index in [1.165, 1.54) is 0 Å². The molecular formula is C31H37N3O4. The van der Waals surface area contributed by atoms with Crippen LogP contribution >= 0.6 is 0 Å². The fraction of sp³-hybridized carbons (Fsp3) is 0.355. The van der Waals surface area contributed by atoms with Gasteiger partial charge in [-0.15, -0.1) is 0 Å². The third kappa shape index (κ3) is 6.28. The van der Waals surface area contributed by atoms with Gasteiger partial charge in [0.25, 0.3) is 0 Å². The summed E-state index contributed by atoms with van der Waals surface area (Å²) in [5, 5.41) is 0. The van der Waals surface area contributed by atoms with E-state index in [0.717, 1.165) is 42.8 Å². The summed E-state index contributed by atoms with van der Waals surface area (Å²) in [6, 6.07) is 19.7. The number of pyridine rings is 1. The van der Waals surface area contributed by atoms with Gasteiger partial charge in [-0.1, -0.05) is 44.2 Å². The molecule has 4 rings (SSSR count). The quantitative estimate of drug-likeness (QED) is 0.215. The minimum absolute atomic E-state index is 0.118. The molecule has 0 bridgehead atoms. The van der Waals surface area contributed by atoms with Crippen LogP contribution in [0.2, 0.25) is 0 Å². The lowest BCUT2D eigenvalue weighted by Gasteiger charge is -2.25. The molecule has 0 fully saturated rings. The highest BCUT2D eigenvalue weighted by Gasteiger charge is 2.26. The van der Waals surface area contributed by atoms with Gasteiger partial charge in [0.05, 0.1) is 19.9 Å². The van der Waals surface area contributed by atoms with Crippen LogP contribution in [0, 0.1) is 0 Å². The molecule has 2 aromatic heterocycles. The summed E-state index contributed by atoms with van der Waals surface area (Å²) in [7, 11) is 3.26. The van der Waals surface area contributed by atoms with Crippen LogP contribution in [-0.4, -0.2) is 47.5 Å². The number of carbonyl (C=O) groups excluding carboxylic acids is 1. The molecule has 0 saturated heterocycles. The van der Waals surface area contributed by atoms with Gasteiger partial charge >= 0.3 is 0 Å². The third-order valence-corrected chi connectivity index (χ3v) is 6.62. The van der Waals surface area contributed by atoms with Crippen molar-refractivity contribution >= 4 is 11.6 Å². The van der Waals surface area contributed by atoms with E-state index in [4.69, 9.17) is 19.2 Å². The van der Waals surface area contributed by atoms with E-state index in [1.807, 2.05) is 82.4 Å². The molecule has 0 radical (unpaired) electrons. The maximum Gasteiger partial charge on any atom is 0.223 e. The smallest absolute Gasteiger partial charge is 0.223 e. The molecule has 0 N–H and O–H groups in total. The van der Waals surface area contributed by atoms with Crippen molar-refractivity contribution in [2.75, 3.05) is 27.3 Å². The van der Waals surface area contributed by atoms with Crippen molar-refractivity contribution in [1.82, 2.24) is 14.3 Å². The number of hydrogen-bond acceptors (Lipinski definition) is 5. The molecule has 200 valence electrons. The largest absolute Gasteiger partial charge is 0.497 e. The maximum absolute atomic E-state index is 13.6. The number of amides is 1. The molecule has 1 atom stereocenters. The molecule has 2 heterocycles. The van der Waals surface area contributed by atoms with Crippen molar-refractivity contribution in [1.29, 1.82) is 0 Å². The third-order valence-electron chi connectivity index (χ3n) is 6.62. The molecule has 0 aliphatic carbocycles. The van der Waals surface area contributed by atoms with Crippen molar-refractivity contribution in [3.05, 3.63) is 89.9 Å². The second-order valence-electron chi connectivity index (χ2n) is 9.31. The summed E-state index contributed by atoms with van der Waals surface area (Å²) in [6.45, 7) is 6.13. The zero-order valence-electron chi connectivity index (χ0n) is 22.7. The first kappa shape index (κ1) is 27.0. The zero-order valence-corrected chi connectivity index (χ0v) is 22.7. The molecule has 4 aromatic rings. The van der Waals surface area contributed by atoms with Crippen molar-refractivity contribution in [3.8, 4) is 17.2 Å². The van der Waals surface area contributed by atoms with Crippen LogP contribution in [0.1, 0.15) is 55.8 Å². The highest BCUT2D eigenvalue weighted by Crippen LogP contribution is 2.35. The van der Waals surface area contributed by atoms with E-state index in [1.54, 1.807) is 14.2 Å². The molecule has 1 unspecified atom stereocenters. The Morgan fingerprint density at radius 3 is 2.26 bits per heavy atom. The Bertz CT molecular complexity index is 1310. The minimum atomic E-state index is -0.262. The fourth-order valence-corrected chi connectivity index (χ4v) is 4.74. The summed E-state index contributed by atoms with van der Waals surface area (Å²) >= 11 is 0. The van der Waals surface area contributed by atoms with Crippen LogP contribution < -0.4 is 14.2 Å². The average molecular weight is 516 g/mol. The summed E-state index contributed by atoms with van der Waals surface area (Å²) in [4.78, 5) is 20.3. The molecule has 0 saturated carbocycles. The molecule has 2 aromatic carbocycles. The second kappa shape index (κ2) is 13.0. The first-order chi connectivity index (χ1) is 18.6. The summed E-state index contributed by atoms with van der Waals surface area (Å²) in [5.41, 5.74) is 3.63. The molecule has 7 heteroatoms. The van der Waals surface area contributed by atoms with Crippen LogP contribution in [0.15, 0.2) is 73.1 Å². The normalized spacial score (nSPS) is 11.8. The van der Waals surface area contributed by atoms with Crippen molar-refractivity contribution < 1.29 is 19.0 Å². The highest BCUT2D eigenvalue weighted by atomic mass is 16.5. The van der Waals surface area contributed by atoms with Crippen molar-refractivity contribution in [3.63, 3.8) is 0 Å². The SMILES string of the molecule is CCCN(CCC)C(=O)CC(c1cc(OC)cc(OC)c1)c1cnc2c(OCc3ccccc3)cccn12. The van der Waals surface area contributed by atoms with E-state index in [9.17, 15) is 4.79 Å². The monoisotopic (exact) mass is 515 g/mol. The number of carbonyl (C=O) groups is 1. The lowest BCUT2D eigenvalue weighted by atomic mass is 9.91. The van der Waals surface area contributed by atoms with Gasteiger partial charge < -0.3 is 23.5 Å². The first-order valence-corrected chi connectivity index (χ1v) is 13.2. The van der Waals surface area contributed by atoms with Gasteiger partial charge in [0.15, 0.2) is 11.4 Å². The zero-order chi connectivity index (χ0) is 26.9. The predicted octanol–water partition coefficient (Wildman–Crippen LogP) is 6.10. The Balaban J connectivity index is 1.74. The number of methoxy groups -OCH3 is 2. The number of imidazole rings is 1. The molecule has 7 nitrogen and oxygen atoms in total. The average Bonchev–Trinajstić information content (AvgIpc) is 3.39. The summed E-state index contributed by atoms with van der Waals surface area (Å²) in [6.07, 6.45) is 5.96. The number of benzene rings is 2. The standard InChI is InChI=1S/C31H37N3O4/c1-5-14-33(15-6-2)30(35)20-27(24-17-25(36-3)19-26(18-24)37-4)28-21-32-31-29(13-10-16-34(28)31)38-22-23-11-8-7-9-12-23/h7-13,16-19,21,27H,5-6,14-15,20,22H2,1-4H3. The minimum Gasteiger partial charge on any atom is -0.497 e. The number of rotatable bonds is 13. The summed E-state index contributed by atoms with van der Waals surface area (Å²) < 4.78 is 19.3. The van der Waals surface area contributed by atoms with E-state index in [0.29, 0.717) is 35.9 Å². The van der Waals surface area contributed by atoms with Crippen LogP contribution in [0.4, 0.5) is 0 Å². The van der Waals surface area contributed by atoms with Crippen LogP contribution in [-0.2, 0) is 11.4 Å². The van der Waals surface area contributed by atoms with Gasteiger partial charge in [-0.3, -0.25) is 4.79 Å². The molecule has 38 heavy (non-hydrogen) atoms. The Hall–Kier alpha value is -4.00. The molecule has 1 amide bonds. The topological polar surface area (TPSA) is 65.3 Å². The molecular weight excluding hydrogens is 478 g/mol. The van der Waals surface area contributed by atoms with Crippen LogP contribution in [0.3, 0.4) is 0 Å². The Kier molecular flexibility index (Phi) is 9.25. The van der Waals surface area contributed by atoms with Gasteiger partial charge in [0.1, 0.15) is 18.1 Å². The fourth-order valence-electron chi connectivity index (χ4n) is 4.74. The number of hydrogen-bond donors (Lipinski definition) is 0. The number of fused-ring (bicyclic) bond motifs is 1. The van der Waals surface area contributed by atoms with Crippen molar-refractivity contribution in [2.24, 2.45) is 0 Å². The van der Waals surface area contributed by atoms with E-state index in [-0.39, 0.29) is 11.8 Å². The Labute approximate surface area is 225 Å². The molecule has 0 aliphatic heterocycles. The van der Waals surface area contributed by atoms with Gasteiger partial charge in [-0.05, 0) is 48.2 Å². The predicted molar refractivity (Wildman–Crippen MR) is 149 cm³/mol. The van der Waals surface area contributed by atoms with Gasteiger partial charge in [-0.25, -0.2) is 4.98 Å². The highest BCUT2D eigenvalue weighted by molar-refractivity contribution is 5.78. The molecule has 0 aliphatic rings. The maximum atomic E-state index is 13.6.